The van der Waals surface area contributed by atoms with Gasteiger partial charge in [-0.25, -0.2) is 0 Å². The van der Waals surface area contributed by atoms with Crippen molar-refractivity contribution in [2.75, 3.05) is 7.11 Å². The van der Waals surface area contributed by atoms with E-state index in [1.165, 1.54) is 0 Å². The summed E-state index contributed by atoms with van der Waals surface area (Å²) in [6.07, 6.45) is 3.41. The number of benzene rings is 1. The Labute approximate surface area is 126 Å². The van der Waals surface area contributed by atoms with Gasteiger partial charge >= 0.3 is 0 Å². The standard InChI is InChI=1S/C15H15BrN2O2/c1-10(11-5-7-17-8-6-11)18-15(19)13-4-3-12(16)9-14(13)20-2/h3-10H,1-2H3,(H,18,19). The molecule has 1 aromatic carbocycles. The first-order valence-electron chi connectivity index (χ1n) is 6.16. The van der Waals surface area contributed by atoms with Crippen molar-refractivity contribution in [1.82, 2.24) is 10.3 Å². The van der Waals surface area contributed by atoms with Gasteiger partial charge in [0.05, 0.1) is 18.7 Å². The Hall–Kier alpha value is -1.88. The van der Waals surface area contributed by atoms with Crippen LogP contribution in [0, 0.1) is 0 Å². The highest BCUT2D eigenvalue weighted by atomic mass is 79.9. The van der Waals surface area contributed by atoms with Crippen LogP contribution in [-0.2, 0) is 0 Å². The Morgan fingerprint density at radius 3 is 2.65 bits per heavy atom. The van der Waals surface area contributed by atoms with Crippen LogP contribution in [0.4, 0.5) is 0 Å². The molecule has 2 rings (SSSR count). The lowest BCUT2D eigenvalue weighted by molar-refractivity contribution is 0.0937. The molecule has 0 aliphatic heterocycles. The van der Waals surface area contributed by atoms with Gasteiger partial charge in [0.25, 0.3) is 5.91 Å². The fourth-order valence-electron chi connectivity index (χ4n) is 1.86. The van der Waals surface area contributed by atoms with E-state index in [0.29, 0.717) is 11.3 Å². The van der Waals surface area contributed by atoms with Crippen LogP contribution in [0.3, 0.4) is 0 Å². The number of halogens is 1. The number of carbonyl (C=O) groups is 1. The van der Waals surface area contributed by atoms with Crippen molar-refractivity contribution in [3.05, 3.63) is 58.3 Å². The van der Waals surface area contributed by atoms with E-state index in [2.05, 4.69) is 26.2 Å². The topological polar surface area (TPSA) is 51.2 Å². The van der Waals surface area contributed by atoms with Crippen molar-refractivity contribution in [2.45, 2.75) is 13.0 Å². The molecule has 1 amide bonds. The lowest BCUT2D eigenvalue weighted by Crippen LogP contribution is -2.27. The highest BCUT2D eigenvalue weighted by Crippen LogP contribution is 2.24. The molecule has 0 aliphatic rings. The number of carbonyl (C=O) groups excluding carboxylic acids is 1. The van der Waals surface area contributed by atoms with Crippen LogP contribution in [0.1, 0.15) is 28.9 Å². The predicted octanol–water partition coefficient (Wildman–Crippen LogP) is 3.34. The minimum Gasteiger partial charge on any atom is -0.496 e. The average molecular weight is 335 g/mol. The molecule has 1 unspecified atom stereocenters. The number of nitrogens with one attached hydrogen (secondary N) is 1. The van der Waals surface area contributed by atoms with Crippen molar-refractivity contribution >= 4 is 21.8 Å². The van der Waals surface area contributed by atoms with E-state index >= 15 is 0 Å². The molecule has 2 aromatic rings. The maximum absolute atomic E-state index is 12.3. The van der Waals surface area contributed by atoms with Crippen molar-refractivity contribution in [3.63, 3.8) is 0 Å². The first-order chi connectivity index (χ1) is 9.61. The molecule has 0 aliphatic carbocycles. The Balaban J connectivity index is 2.16. The smallest absolute Gasteiger partial charge is 0.255 e. The summed E-state index contributed by atoms with van der Waals surface area (Å²) < 4.78 is 6.10. The van der Waals surface area contributed by atoms with Gasteiger partial charge in [0.2, 0.25) is 0 Å². The number of hydrogen-bond donors (Lipinski definition) is 1. The van der Waals surface area contributed by atoms with Crippen molar-refractivity contribution in [1.29, 1.82) is 0 Å². The molecule has 0 fully saturated rings. The molecule has 5 heteroatoms. The third kappa shape index (κ3) is 3.36. The van der Waals surface area contributed by atoms with Crippen LogP contribution < -0.4 is 10.1 Å². The van der Waals surface area contributed by atoms with Gasteiger partial charge in [0.1, 0.15) is 5.75 Å². The normalized spacial score (nSPS) is 11.8. The summed E-state index contributed by atoms with van der Waals surface area (Å²) in [6, 6.07) is 8.98. The average Bonchev–Trinajstić information content (AvgIpc) is 2.47. The van der Waals surface area contributed by atoms with Crippen LogP contribution in [0.2, 0.25) is 0 Å². The molecule has 0 radical (unpaired) electrons. The van der Waals surface area contributed by atoms with E-state index in [4.69, 9.17) is 4.74 Å². The first kappa shape index (κ1) is 14.5. The third-order valence-electron chi connectivity index (χ3n) is 2.96. The minimum atomic E-state index is -0.168. The number of hydrogen-bond acceptors (Lipinski definition) is 3. The number of methoxy groups -OCH3 is 1. The van der Waals surface area contributed by atoms with Gasteiger partial charge in [0.15, 0.2) is 0 Å². The highest BCUT2D eigenvalue weighted by molar-refractivity contribution is 9.10. The molecule has 0 spiro atoms. The van der Waals surface area contributed by atoms with Gasteiger partial charge < -0.3 is 10.1 Å². The van der Waals surface area contributed by atoms with Gasteiger partial charge in [-0.2, -0.15) is 0 Å². The van der Waals surface area contributed by atoms with E-state index in [0.717, 1.165) is 10.0 Å². The minimum absolute atomic E-state index is 0.0983. The molecular formula is C15H15BrN2O2. The number of pyridine rings is 1. The van der Waals surface area contributed by atoms with Crippen LogP contribution in [-0.4, -0.2) is 18.0 Å². The monoisotopic (exact) mass is 334 g/mol. The Morgan fingerprint density at radius 1 is 1.30 bits per heavy atom. The SMILES string of the molecule is COc1cc(Br)ccc1C(=O)NC(C)c1ccncc1. The molecule has 4 nitrogen and oxygen atoms in total. The van der Waals surface area contributed by atoms with Gasteiger partial charge in [-0.15, -0.1) is 0 Å². The second-order valence-electron chi connectivity index (χ2n) is 4.32. The molecule has 1 atom stereocenters. The summed E-state index contributed by atoms with van der Waals surface area (Å²) in [5.74, 6) is 0.373. The zero-order valence-corrected chi connectivity index (χ0v) is 12.8. The number of amides is 1. The van der Waals surface area contributed by atoms with Crippen molar-refractivity contribution < 1.29 is 9.53 Å². The molecule has 0 saturated heterocycles. The third-order valence-corrected chi connectivity index (χ3v) is 3.46. The zero-order chi connectivity index (χ0) is 14.5. The number of nitrogens with zero attached hydrogens (tertiary/aromatic N) is 1. The van der Waals surface area contributed by atoms with Gasteiger partial charge in [0, 0.05) is 16.9 Å². The second kappa shape index (κ2) is 6.52. The lowest BCUT2D eigenvalue weighted by atomic mass is 10.1. The number of ether oxygens (including phenoxy) is 1. The van der Waals surface area contributed by atoms with Crippen LogP contribution in [0.5, 0.6) is 5.75 Å². The maximum atomic E-state index is 12.3. The van der Waals surface area contributed by atoms with Gasteiger partial charge in [-0.1, -0.05) is 15.9 Å². The molecule has 104 valence electrons. The van der Waals surface area contributed by atoms with Gasteiger partial charge in [-0.3, -0.25) is 9.78 Å². The quantitative estimate of drug-likeness (QED) is 0.932. The fourth-order valence-corrected chi connectivity index (χ4v) is 2.20. The van der Waals surface area contributed by atoms with Crippen LogP contribution in [0.15, 0.2) is 47.2 Å². The number of aromatic nitrogens is 1. The summed E-state index contributed by atoms with van der Waals surface area (Å²) in [5.41, 5.74) is 1.51. The summed E-state index contributed by atoms with van der Waals surface area (Å²) in [4.78, 5) is 16.3. The molecule has 1 aromatic heterocycles. The predicted molar refractivity (Wildman–Crippen MR) is 80.8 cm³/mol. The zero-order valence-electron chi connectivity index (χ0n) is 11.3. The summed E-state index contributed by atoms with van der Waals surface area (Å²) >= 11 is 3.36. The highest BCUT2D eigenvalue weighted by Gasteiger charge is 2.15. The Kier molecular flexibility index (Phi) is 4.74. The fraction of sp³-hybridized carbons (Fsp3) is 0.200. The van der Waals surface area contributed by atoms with E-state index in [1.54, 1.807) is 31.6 Å². The van der Waals surface area contributed by atoms with Crippen molar-refractivity contribution in [3.8, 4) is 5.75 Å². The summed E-state index contributed by atoms with van der Waals surface area (Å²) in [5, 5.41) is 2.94. The van der Waals surface area contributed by atoms with E-state index in [-0.39, 0.29) is 11.9 Å². The first-order valence-corrected chi connectivity index (χ1v) is 6.95. The molecular weight excluding hydrogens is 320 g/mol. The Morgan fingerprint density at radius 2 is 2.00 bits per heavy atom. The van der Waals surface area contributed by atoms with E-state index in [1.807, 2.05) is 25.1 Å². The molecule has 20 heavy (non-hydrogen) atoms. The van der Waals surface area contributed by atoms with Gasteiger partial charge in [-0.05, 0) is 42.8 Å². The molecule has 1 heterocycles. The van der Waals surface area contributed by atoms with E-state index in [9.17, 15) is 4.79 Å². The molecule has 0 saturated carbocycles. The lowest BCUT2D eigenvalue weighted by Gasteiger charge is -2.15. The Bertz CT molecular complexity index is 602. The van der Waals surface area contributed by atoms with Crippen LogP contribution >= 0.6 is 15.9 Å². The van der Waals surface area contributed by atoms with Crippen molar-refractivity contribution in [2.24, 2.45) is 0 Å². The second-order valence-corrected chi connectivity index (χ2v) is 5.24. The van der Waals surface area contributed by atoms with Crippen LogP contribution in [0.25, 0.3) is 0 Å². The summed E-state index contributed by atoms with van der Waals surface area (Å²) in [7, 11) is 1.55. The number of rotatable bonds is 4. The van der Waals surface area contributed by atoms with E-state index < -0.39 is 0 Å². The largest absolute Gasteiger partial charge is 0.496 e. The maximum Gasteiger partial charge on any atom is 0.255 e. The summed E-state index contributed by atoms with van der Waals surface area (Å²) in [6.45, 7) is 1.93. The molecule has 0 bridgehead atoms. The molecule has 1 N–H and O–H groups in total.